The number of hydrogen-bond acceptors (Lipinski definition) is 4. The van der Waals surface area contributed by atoms with E-state index in [1.165, 1.54) is 18.4 Å². The number of hydrogen-bond donors (Lipinski definition) is 3. The maximum absolute atomic E-state index is 5.38. The lowest BCUT2D eigenvalue weighted by molar-refractivity contribution is 0.0732. The normalized spacial score (nSPS) is 24.1. The summed E-state index contributed by atoms with van der Waals surface area (Å²) in [6.45, 7) is 0.750. The van der Waals surface area contributed by atoms with Gasteiger partial charge in [-0.2, -0.15) is 0 Å². The van der Waals surface area contributed by atoms with E-state index in [0.717, 1.165) is 19.4 Å². The summed E-state index contributed by atoms with van der Waals surface area (Å²) in [4.78, 5) is 0. The van der Waals surface area contributed by atoms with Crippen LogP contribution in [0.15, 0.2) is 30.3 Å². The van der Waals surface area contributed by atoms with Gasteiger partial charge in [0.1, 0.15) is 0 Å². The van der Waals surface area contributed by atoms with E-state index in [4.69, 9.17) is 10.6 Å². The van der Waals surface area contributed by atoms with Crippen LogP contribution >= 0.6 is 0 Å². The van der Waals surface area contributed by atoms with Gasteiger partial charge < -0.3 is 4.74 Å². The molecule has 2 rings (SSSR count). The van der Waals surface area contributed by atoms with Crippen LogP contribution in [0.3, 0.4) is 0 Å². The monoisotopic (exact) mass is 235 g/mol. The Morgan fingerprint density at radius 2 is 2.12 bits per heavy atom. The molecule has 4 heteroatoms. The van der Waals surface area contributed by atoms with Gasteiger partial charge in [0.15, 0.2) is 6.35 Å². The number of benzene rings is 1. The van der Waals surface area contributed by atoms with Crippen LogP contribution in [0, 0.1) is 0 Å². The highest BCUT2D eigenvalue weighted by Crippen LogP contribution is 2.11. The number of aryl methyl sites for hydroxylation is 1. The zero-order valence-corrected chi connectivity index (χ0v) is 10.1. The number of ether oxygens (including phenoxy) is 1. The Labute approximate surface area is 103 Å². The molecule has 0 amide bonds. The molecule has 0 radical (unpaired) electrons. The maximum Gasteiger partial charge on any atom is 0.176 e. The van der Waals surface area contributed by atoms with E-state index in [1.807, 2.05) is 0 Å². The second-order valence-electron chi connectivity index (χ2n) is 4.48. The number of nitrogens with one attached hydrogen (secondary N) is 2. The van der Waals surface area contributed by atoms with Crippen LogP contribution in [0.4, 0.5) is 0 Å². The van der Waals surface area contributed by atoms with Crippen molar-refractivity contribution >= 4 is 0 Å². The van der Waals surface area contributed by atoms with Gasteiger partial charge in [0, 0.05) is 6.04 Å². The van der Waals surface area contributed by atoms with Gasteiger partial charge in [-0.05, 0) is 24.8 Å². The van der Waals surface area contributed by atoms with Crippen molar-refractivity contribution in [3.05, 3.63) is 35.9 Å². The largest absolute Gasteiger partial charge is 0.347 e. The van der Waals surface area contributed by atoms with E-state index < -0.39 is 0 Å². The second kappa shape index (κ2) is 6.71. The molecule has 0 aromatic heterocycles. The van der Waals surface area contributed by atoms with Gasteiger partial charge in [-0.15, -0.1) is 0 Å². The quantitative estimate of drug-likeness (QED) is 0.393. The highest BCUT2D eigenvalue weighted by molar-refractivity contribution is 5.14. The molecule has 1 heterocycles. The van der Waals surface area contributed by atoms with Gasteiger partial charge in [-0.3, -0.25) is 11.2 Å². The third-order valence-electron chi connectivity index (χ3n) is 3.11. The van der Waals surface area contributed by atoms with Crippen molar-refractivity contribution in [2.75, 3.05) is 6.61 Å². The minimum absolute atomic E-state index is 0.172. The Morgan fingerprint density at radius 3 is 2.82 bits per heavy atom. The molecule has 1 aliphatic rings. The molecule has 1 aromatic rings. The molecule has 1 fully saturated rings. The third-order valence-corrected chi connectivity index (χ3v) is 3.11. The van der Waals surface area contributed by atoms with Crippen molar-refractivity contribution in [2.45, 2.75) is 38.1 Å². The third kappa shape index (κ3) is 4.09. The van der Waals surface area contributed by atoms with Crippen LogP contribution in [-0.2, 0) is 11.2 Å². The zero-order valence-electron chi connectivity index (χ0n) is 10.1. The molecule has 94 valence electrons. The molecule has 1 unspecified atom stereocenters. The van der Waals surface area contributed by atoms with Crippen molar-refractivity contribution in [2.24, 2.45) is 5.84 Å². The van der Waals surface area contributed by atoms with Crippen molar-refractivity contribution in [1.82, 2.24) is 10.7 Å². The average molecular weight is 235 g/mol. The highest BCUT2D eigenvalue weighted by Gasteiger charge is 2.22. The van der Waals surface area contributed by atoms with Crippen LogP contribution in [0.25, 0.3) is 0 Å². The predicted octanol–water partition coefficient (Wildman–Crippen LogP) is 1.13. The van der Waals surface area contributed by atoms with Gasteiger partial charge in [0.05, 0.1) is 6.61 Å². The number of unbranched alkanes of at least 4 members (excludes halogenated alkanes) is 1. The molecule has 1 aromatic carbocycles. The molecule has 4 N–H and O–H groups in total. The van der Waals surface area contributed by atoms with Gasteiger partial charge in [-0.25, -0.2) is 5.43 Å². The summed E-state index contributed by atoms with van der Waals surface area (Å²) >= 11 is 0. The molecule has 0 spiro atoms. The lowest BCUT2D eigenvalue weighted by Gasteiger charge is -2.10. The summed E-state index contributed by atoms with van der Waals surface area (Å²) < 4.78 is 5.38. The Hall–Kier alpha value is -0.940. The Kier molecular flexibility index (Phi) is 4.94. The average Bonchev–Trinajstić information content (AvgIpc) is 2.84. The van der Waals surface area contributed by atoms with Crippen LogP contribution in [0.2, 0.25) is 0 Å². The van der Waals surface area contributed by atoms with E-state index in [-0.39, 0.29) is 6.35 Å². The summed E-state index contributed by atoms with van der Waals surface area (Å²) in [5.74, 6) is 5.29. The molecule has 2 atom stereocenters. The number of nitrogens with two attached hydrogens (primary N) is 1. The summed E-state index contributed by atoms with van der Waals surface area (Å²) in [6.07, 6.45) is 4.57. The van der Waals surface area contributed by atoms with Gasteiger partial charge in [0.2, 0.25) is 0 Å². The van der Waals surface area contributed by atoms with Gasteiger partial charge >= 0.3 is 0 Å². The Bertz CT molecular complexity index is 318. The molecule has 0 saturated carbocycles. The molecule has 17 heavy (non-hydrogen) atoms. The summed E-state index contributed by atoms with van der Waals surface area (Å²) in [5.41, 5.74) is 4.00. The molecule has 1 saturated heterocycles. The summed E-state index contributed by atoms with van der Waals surface area (Å²) in [5, 5.41) is 3.28. The lowest BCUT2D eigenvalue weighted by atomic mass is 10.0. The fourth-order valence-corrected chi connectivity index (χ4v) is 2.15. The predicted molar refractivity (Wildman–Crippen MR) is 68.0 cm³/mol. The maximum atomic E-state index is 5.38. The first-order valence-corrected chi connectivity index (χ1v) is 6.26. The van der Waals surface area contributed by atoms with Crippen molar-refractivity contribution in [1.29, 1.82) is 0 Å². The summed E-state index contributed by atoms with van der Waals surface area (Å²) in [7, 11) is 0. The van der Waals surface area contributed by atoms with Crippen molar-refractivity contribution in [3.63, 3.8) is 0 Å². The second-order valence-corrected chi connectivity index (χ2v) is 4.48. The highest BCUT2D eigenvalue weighted by atomic mass is 16.5. The number of hydrazine groups is 1. The fraction of sp³-hybridized carbons (Fsp3) is 0.538. The lowest BCUT2D eigenvalue weighted by Crippen LogP contribution is -2.45. The summed E-state index contributed by atoms with van der Waals surface area (Å²) in [6, 6.07) is 11.1. The van der Waals surface area contributed by atoms with Crippen LogP contribution in [0.5, 0.6) is 0 Å². The van der Waals surface area contributed by atoms with Crippen LogP contribution < -0.4 is 16.6 Å². The zero-order chi connectivity index (χ0) is 11.9. The molecular weight excluding hydrogens is 214 g/mol. The van der Waals surface area contributed by atoms with E-state index in [2.05, 4.69) is 41.1 Å². The fourth-order valence-electron chi connectivity index (χ4n) is 2.15. The van der Waals surface area contributed by atoms with E-state index in [0.29, 0.717) is 6.04 Å². The minimum atomic E-state index is -0.172. The molecule has 1 aliphatic heterocycles. The van der Waals surface area contributed by atoms with Crippen molar-refractivity contribution in [3.8, 4) is 0 Å². The van der Waals surface area contributed by atoms with E-state index in [9.17, 15) is 0 Å². The first kappa shape index (κ1) is 12.5. The first-order chi connectivity index (χ1) is 8.38. The topological polar surface area (TPSA) is 59.3 Å². The molecular formula is C13H21N3O. The van der Waals surface area contributed by atoms with Crippen LogP contribution in [0.1, 0.15) is 24.8 Å². The van der Waals surface area contributed by atoms with E-state index in [1.54, 1.807) is 0 Å². The molecule has 0 bridgehead atoms. The van der Waals surface area contributed by atoms with E-state index >= 15 is 0 Å². The number of rotatable bonds is 6. The molecule has 0 aliphatic carbocycles. The Morgan fingerprint density at radius 1 is 1.29 bits per heavy atom. The molecule has 4 nitrogen and oxygen atoms in total. The SMILES string of the molecule is NNC1N[C@@H](CCCCc2ccccc2)CO1. The first-order valence-electron chi connectivity index (χ1n) is 6.26. The minimum Gasteiger partial charge on any atom is -0.347 e. The standard InChI is InChI=1S/C13H21N3O/c14-16-13-15-12(10-17-13)9-5-4-8-11-6-2-1-3-7-11/h1-3,6-7,12-13,15-16H,4-5,8-10,14H2/t12-,13?/m0/s1. The van der Waals surface area contributed by atoms with Gasteiger partial charge in [0.25, 0.3) is 0 Å². The van der Waals surface area contributed by atoms with Crippen molar-refractivity contribution < 1.29 is 4.74 Å². The smallest absolute Gasteiger partial charge is 0.176 e. The van der Waals surface area contributed by atoms with Gasteiger partial charge in [-0.1, -0.05) is 36.8 Å². The van der Waals surface area contributed by atoms with Crippen LogP contribution in [-0.4, -0.2) is 19.0 Å². The Balaban J connectivity index is 1.58.